The second-order valence-corrected chi connectivity index (χ2v) is 6.04. The van der Waals surface area contributed by atoms with Crippen molar-refractivity contribution in [2.24, 2.45) is 0 Å². The lowest BCUT2D eigenvalue weighted by molar-refractivity contribution is -0.174. The molecule has 2 atom stereocenters. The van der Waals surface area contributed by atoms with E-state index >= 15 is 0 Å². The number of hydrogen-bond acceptors (Lipinski definition) is 3. The fourth-order valence-electron chi connectivity index (χ4n) is 2.40. The molecular weight excluding hydrogens is 363 g/mol. The van der Waals surface area contributed by atoms with Gasteiger partial charge in [-0.1, -0.05) is 29.8 Å². The zero-order valence-corrected chi connectivity index (χ0v) is 14.6. The molecule has 8 heteroatoms. The third-order valence-electron chi connectivity index (χ3n) is 3.84. The van der Waals surface area contributed by atoms with Crippen LogP contribution in [0.5, 0.6) is 5.75 Å². The summed E-state index contributed by atoms with van der Waals surface area (Å²) in [6, 6.07) is 11.4. The van der Waals surface area contributed by atoms with Crippen molar-refractivity contribution in [2.45, 2.75) is 32.2 Å². The first-order chi connectivity index (χ1) is 12.6. The zero-order valence-electron chi connectivity index (χ0n) is 14.6. The number of nitrogens with one attached hydrogen (secondary N) is 1. The number of amides is 1. The van der Waals surface area contributed by atoms with Crippen LogP contribution in [0.4, 0.5) is 13.2 Å². The lowest BCUT2D eigenvalue weighted by Crippen LogP contribution is -2.45. The summed E-state index contributed by atoms with van der Waals surface area (Å²) in [5.74, 6) is -2.90. The van der Waals surface area contributed by atoms with Crippen molar-refractivity contribution >= 4 is 11.9 Å². The van der Waals surface area contributed by atoms with Gasteiger partial charge in [0.1, 0.15) is 11.9 Å². The maximum absolute atomic E-state index is 12.6. The number of carbonyl (C=O) groups excluding carboxylic acids is 1. The van der Waals surface area contributed by atoms with Crippen molar-refractivity contribution in [3.63, 3.8) is 0 Å². The number of carboxylic acids is 1. The van der Waals surface area contributed by atoms with Crippen LogP contribution < -0.4 is 10.1 Å². The highest BCUT2D eigenvalue weighted by molar-refractivity contribution is 5.87. The van der Waals surface area contributed by atoms with Gasteiger partial charge in [0.25, 0.3) is 0 Å². The Hall–Kier alpha value is -3.03. The summed E-state index contributed by atoms with van der Waals surface area (Å²) in [5.41, 5.74) is 1.57. The molecule has 2 aromatic carbocycles. The molecule has 0 aliphatic carbocycles. The second-order valence-electron chi connectivity index (χ2n) is 6.04. The van der Waals surface area contributed by atoms with Crippen molar-refractivity contribution in [2.75, 3.05) is 0 Å². The minimum absolute atomic E-state index is 0.0488. The number of ether oxygens (including phenoxy) is 1. The molecule has 27 heavy (non-hydrogen) atoms. The van der Waals surface area contributed by atoms with E-state index in [4.69, 9.17) is 9.84 Å². The number of aromatic carboxylic acids is 1. The first kappa shape index (κ1) is 20.3. The largest absolute Gasteiger partial charge is 0.484 e. The quantitative estimate of drug-likeness (QED) is 0.796. The molecule has 0 saturated heterocycles. The molecule has 0 aromatic heterocycles. The SMILES string of the molecule is Cc1ccc([C@@H](Oc2ccc(C(=O)O)cc2)[C@H](C)NC(=O)C(F)(F)F)cc1. The number of benzene rings is 2. The van der Waals surface area contributed by atoms with Crippen LogP contribution in [0.3, 0.4) is 0 Å². The molecule has 144 valence electrons. The Kier molecular flexibility index (Phi) is 6.09. The van der Waals surface area contributed by atoms with Gasteiger partial charge in [0.05, 0.1) is 11.6 Å². The highest BCUT2D eigenvalue weighted by Crippen LogP contribution is 2.27. The fraction of sp³-hybridized carbons (Fsp3) is 0.263. The molecule has 0 unspecified atom stereocenters. The number of aryl methyl sites for hydroxylation is 1. The Morgan fingerprint density at radius 2 is 1.59 bits per heavy atom. The van der Waals surface area contributed by atoms with E-state index < -0.39 is 30.2 Å². The molecule has 0 aliphatic rings. The minimum Gasteiger partial charge on any atom is -0.484 e. The molecule has 0 saturated carbocycles. The molecule has 1 amide bonds. The van der Waals surface area contributed by atoms with Gasteiger partial charge in [-0.3, -0.25) is 4.79 Å². The third-order valence-corrected chi connectivity index (χ3v) is 3.84. The van der Waals surface area contributed by atoms with Crippen LogP contribution in [0.15, 0.2) is 48.5 Å². The predicted molar refractivity (Wildman–Crippen MR) is 91.6 cm³/mol. The third kappa shape index (κ3) is 5.47. The summed E-state index contributed by atoms with van der Waals surface area (Å²) in [6.45, 7) is 3.26. The molecule has 2 N–H and O–H groups in total. The van der Waals surface area contributed by atoms with Gasteiger partial charge in [0, 0.05) is 0 Å². The molecule has 5 nitrogen and oxygen atoms in total. The Morgan fingerprint density at radius 3 is 2.07 bits per heavy atom. The first-order valence-electron chi connectivity index (χ1n) is 8.02. The van der Waals surface area contributed by atoms with Crippen LogP contribution >= 0.6 is 0 Å². The van der Waals surface area contributed by atoms with Gasteiger partial charge in [-0.15, -0.1) is 0 Å². The Morgan fingerprint density at radius 1 is 1.04 bits per heavy atom. The van der Waals surface area contributed by atoms with Crippen LogP contribution in [-0.4, -0.2) is 29.2 Å². The van der Waals surface area contributed by atoms with E-state index in [1.807, 2.05) is 12.2 Å². The molecular formula is C19H18F3NO4. The lowest BCUT2D eigenvalue weighted by atomic mass is 10.0. The van der Waals surface area contributed by atoms with E-state index in [0.717, 1.165) is 5.56 Å². The van der Waals surface area contributed by atoms with Gasteiger partial charge in [0.15, 0.2) is 0 Å². The number of carbonyl (C=O) groups is 2. The lowest BCUT2D eigenvalue weighted by Gasteiger charge is -2.27. The van der Waals surface area contributed by atoms with Crippen LogP contribution in [-0.2, 0) is 4.79 Å². The molecule has 2 rings (SSSR count). The van der Waals surface area contributed by atoms with E-state index in [1.54, 1.807) is 24.3 Å². The summed E-state index contributed by atoms with van der Waals surface area (Å²) < 4.78 is 43.5. The van der Waals surface area contributed by atoms with Gasteiger partial charge >= 0.3 is 18.1 Å². The monoisotopic (exact) mass is 381 g/mol. The van der Waals surface area contributed by atoms with Crippen LogP contribution in [0.2, 0.25) is 0 Å². The van der Waals surface area contributed by atoms with Crippen molar-refractivity contribution in [1.82, 2.24) is 5.32 Å². The maximum Gasteiger partial charge on any atom is 0.471 e. The average molecular weight is 381 g/mol. The summed E-state index contributed by atoms with van der Waals surface area (Å²) in [6.07, 6.45) is -5.91. The number of hydrogen-bond donors (Lipinski definition) is 2. The summed E-state index contributed by atoms with van der Waals surface area (Å²) in [4.78, 5) is 22.2. The smallest absolute Gasteiger partial charge is 0.471 e. The van der Waals surface area contributed by atoms with E-state index in [9.17, 15) is 22.8 Å². The Bertz CT molecular complexity index is 801. The number of alkyl halides is 3. The maximum atomic E-state index is 12.6. The molecule has 0 aliphatic heterocycles. The van der Waals surface area contributed by atoms with Gasteiger partial charge in [0.2, 0.25) is 0 Å². The summed E-state index contributed by atoms with van der Waals surface area (Å²) in [7, 11) is 0. The van der Waals surface area contributed by atoms with E-state index in [1.165, 1.54) is 31.2 Å². The van der Waals surface area contributed by atoms with Crippen molar-refractivity contribution in [3.05, 3.63) is 65.2 Å². The average Bonchev–Trinajstić information content (AvgIpc) is 2.60. The van der Waals surface area contributed by atoms with Gasteiger partial charge in [-0.25, -0.2) is 4.79 Å². The van der Waals surface area contributed by atoms with Crippen molar-refractivity contribution < 1.29 is 32.6 Å². The highest BCUT2D eigenvalue weighted by Gasteiger charge is 2.40. The van der Waals surface area contributed by atoms with Gasteiger partial charge < -0.3 is 15.2 Å². The zero-order chi connectivity index (χ0) is 20.2. The van der Waals surface area contributed by atoms with Crippen LogP contribution in [0.25, 0.3) is 0 Å². The van der Waals surface area contributed by atoms with E-state index in [0.29, 0.717) is 5.56 Å². The van der Waals surface area contributed by atoms with Gasteiger partial charge in [-0.2, -0.15) is 13.2 Å². The number of rotatable bonds is 6. The fourth-order valence-corrected chi connectivity index (χ4v) is 2.40. The van der Waals surface area contributed by atoms with E-state index in [2.05, 4.69) is 0 Å². The Balaban J connectivity index is 2.27. The first-order valence-corrected chi connectivity index (χ1v) is 8.02. The Labute approximate surface area is 153 Å². The van der Waals surface area contributed by atoms with E-state index in [-0.39, 0.29) is 11.3 Å². The summed E-state index contributed by atoms with van der Waals surface area (Å²) >= 11 is 0. The number of carboxylic acid groups (broad SMARTS) is 1. The topological polar surface area (TPSA) is 75.6 Å². The molecule has 0 spiro atoms. The molecule has 0 bridgehead atoms. The molecule has 2 aromatic rings. The highest BCUT2D eigenvalue weighted by atomic mass is 19.4. The van der Waals surface area contributed by atoms with Crippen molar-refractivity contribution in [3.8, 4) is 5.75 Å². The predicted octanol–water partition coefficient (Wildman–Crippen LogP) is 3.88. The van der Waals surface area contributed by atoms with Crippen LogP contribution in [0, 0.1) is 6.92 Å². The molecule has 0 fully saturated rings. The standard InChI is InChI=1S/C19H18F3NO4/c1-11-3-5-13(6-4-11)16(12(2)23-18(26)19(20,21)22)27-15-9-7-14(8-10-15)17(24)25/h3-10,12,16H,1-2H3,(H,23,26)(H,24,25)/t12-,16-/m0/s1. The molecule has 0 radical (unpaired) electrons. The normalized spacial score (nSPS) is 13.5. The molecule has 0 heterocycles. The van der Waals surface area contributed by atoms with Gasteiger partial charge in [-0.05, 0) is 43.7 Å². The minimum atomic E-state index is -5.00. The van der Waals surface area contributed by atoms with Crippen LogP contribution in [0.1, 0.15) is 34.5 Å². The number of halogens is 3. The van der Waals surface area contributed by atoms with Crippen molar-refractivity contribution in [1.29, 1.82) is 0 Å². The second kappa shape index (κ2) is 8.11. The summed E-state index contributed by atoms with van der Waals surface area (Å²) in [5, 5.41) is 10.8.